The highest BCUT2D eigenvalue weighted by Crippen LogP contribution is 2.32. The molecule has 1 saturated carbocycles. The Morgan fingerprint density at radius 1 is 1.27 bits per heavy atom. The molecule has 1 aromatic carbocycles. The smallest absolute Gasteiger partial charge is 0.352 e. The summed E-state index contributed by atoms with van der Waals surface area (Å²) in [5.74, 6) is -0.395. The standard InChI is InChI=1S/C15H19F3N2O.ClH/c16-15(17,18)13-7-2-1-4-11(13)9-20-14(21)10-5-3-6-12(19)8-10;/h1-2,4,7,10,12H,3,5-6,8-9,19H2,(H,20,21);1H. The summed E-state index contributed by atoms with van der Waals surface area (Å²) in [5, 5.41) is 2.61. The van der Waals surface area contributed by atoms with E-state index >= 15 is 0 Å². The molecular weight excluding hydrogens is 317 g/mol. The van der Waals surface area contributed by atoms with E-state index < -0.39 is 11.7 Å². The number of nitrogens with one attached hydrogen (secondary N) is 1. The maximum absolute atomic E-state index is 12.8. The molecule has 0 aromatic heterocycles. The summed E-state index contributed by atoms with van der Waals surface area (Å²) in [4.78, 5) is 12.0. The van der Waals surface area contributed by atoms with Crippen molar-refractivity contribution in [1.82, 2.24) is 5.32 Å². The summed E-state index contributed by atoms with van der Waals surface area (Å²) >= 11 is 0. The maximum Gasteiger partial charge on any atom is 0.416 e. The Kier molecular flexibility index (Phi) is 6.68. The molecule has 0 heterocycles. The molecule has 0 saturated heterocycles. The Morgan fingerprint density at radius 3 is 2.59 bits per heavy atom. The van der Waals surface area contributed by atoms with Crippen LogP contribution in [0.4, 0.5) is 13.2 Å². The van der Waals surface area contributed by atoms with Gasteiger partial charge in [-0.1, -0.05) is 24.6 Å². The van der Waals surface area contributed by atoms with Gasteiger partial charge in [0.05, 0.1) is 5.56 Å². The quantitative estimate of drug-likeness (QED) is 0.890. The maximum atomic E-state index is 12.8. The number of hydrogen-bond acceptors (Lipinski definition) is 2. The van der Waals surface area contributed by atoms with Crippen molar-refractivity contribution >= 4 is 18.3 Å². The minimum absolute atomic E-state index is 0. The van der Waals surface area contributed by atoms with Gasteiger partial charge in [0.15, 0.2) is 0 Å². The summed E-state index contributed by atoms with van der Waals surface area (Å²) in [6.45, 7) is -0.111. The molecule has 1 aliphatic rings. The van der Waals surface area contributed by atoms with Crippen LogP contribution in [0.1, 0.15) is 36.8 Å². The van der Waals surface area contributed by atoms with Gasteiger partial charge in [0.2, 0.25) is 5.91 Å². The number of carbonyl (C=O) groups is 1. The van der Waals surface area contributed by atoms with Gasteiger partial charge in [0, 0.05) is 18.5 Å². The number of nitrogens with two attached hydrogens (primary N) is 1. The second-order valence-electron chi connectivity index (χ2n) is 5.50. The van der Waals surface area contributed by atoms with E-state index in [0.29, 0.717) is 6.42 Å². The van der Waals surface area contributed by atoms with E-state index in [0.717, 1.165) is 25.3 Å². The second kappa shape index (κ2) is 7.83. The molecule has 124 valence electrons. The highest BCUT2D eigenvalue weighted by molar-refractivity contribution is 5.85. The van der Waals surface area contributed by atoms with E-state index in [2.05, 4.69) is 5.32 Å². The minimum atomic E-state index is -4.41. The first-order chi connectivity index (χ1) is 9.88. The van der Waals surface area contributed by atoms with Gasteiger partial charge in [-0.25, -0.2) is 0 Å². The normalized spacial score (nSPS) is 21.8. The van der Waals surface area contributed by atoms with Crippen LogP contribution in [0.2, 0.25) is 0 Å². The Bertz CT molecular complexity index is 508. The van der Waals surface area contributed by atoms with Crippen LogP contribution >= 0.6 is 12.4 Å². The third kappa shape index (κ3) is 4.88. The predicted molar refractivity (Wildman–Crippen MR) is 80.5 cm³/mol. The number of alkyl halides is 3. The molecule has 1 fully saturated rings. The molecular formula is C15H20ClF3N2O. The van der Waals surface area contributed by atoms with Gasteiger partial charge < -0.3 is 11.1 Å². The average molecular weight is 337 g/mol. The van der Waals surface area contributed by atoms with E-state index in [9.17, 15) is 18.0 Å². The molecule has 3 nitrogen and oxygen atoms in total. The van der Waals surface area contributed by atoms with Gasteiger partial charge in [-0.3, -0.25) is 4.79 Å². The van der Waals surface area contributed by atoms with Crippen LogP contribution in [0.3, 0.4) is 0 Å². The lowest BCUT2D eigenvalue weighted by Gasteiger charge is -2.25. The molecule has 0 spiro atoms. The van der Waals surface area contributed by atoms with E-state index in [4.69, 9.17) is 5.73 Å². The number of benzene rings is 1. The SMILES string of the molecule is Cl.NC1CCCC(C(=O)NCc2ccccc2C(F)(F)F)C1. The first kappa shape index (κ1) is 18.8. The van der Waals surface area contributed by atoms with Crippen LogP contribution in [-0.4, -0.2) is 11.9 Å². The highest BCUT2D eigenvalue weighted by Gasteiger charge is 2.33. The fourth-order valence-corrected chi connectivity index (χ4v) is 2.74. The van der Waals surface area contributed by atoms with Crippen LogP contribution in [0.25, 0.3) is 0 Å². The summed E-state index contributed by atoms with van der Waals surface area (Å²) in [6.07, 6.45) is -1.26. The van der Waals surface area contributed by atoms with Crippen LogP contribution in [0.15, 0.2) is 24.3 Å². The van der Waals surface area contributed by atoms with Crippen molar-refractivity contribution in [3.05, 3.63) is 35.4 Å². The number of carbonyl (C=O) groups excluding carboxylic acids is 1. The molecule has 2 atom stereocenters. The first-order valence-corrected chi connectivity index (χ1v) is 7.06. The molecule has 2 unspecified atom stereocenters. The number of rotatable bonds is 3. The Hall–Kier alpha value is -1.27. The van der Waals surface area contributed by atoms with Gasteiger partial charge in [0.25, 0.3) is 0 Å². The fourth-order valence-electron chi connectivity index (χ4n) is 2.74. The van der Waals surface area contributed by atoms with Gasteiger partial charge in [0.1, 0.15) is 0 Å². The van der Waals surface area contributed by atoms with E-state index in [-0.39, 0.29) is 42.4 Å². The Labute approximate surface area is 133 Å². The van der Waals surface area contributed by atoms with Crippen LogP contribution in [0.5, 0.6) is 0 Å². The third-order valence-corrected chi connectivity index (χ3v) is 3.86. The average Bonchev–Trinajstić information content (AvgIpc) is 2.44. The molecule has 7 heteroatoms. The monoisotopic (exact) mass is 336 g/mol. The van der Waals surface area contributed by atoms with E-state index in [1.54, 1.807) is 0 Å². The molecule has 1 aliphatic carbocycles. The van der Waals surface area contributed by atoms with Crippen molar-refractivity contribution < 1.29 is 18.0 Å². The number of halogens is 4. The number of hydrogen-bond donors (Lipinski definition) is 2. The second-order valence-corrected chi connectivity index (χ2v) is 5.50. The summed E-state index contributed by atoms with van der Waals surface area (Å²) in [6, 6.07) is 5.30. The van der Waals surface area contributed by atoms with Gasteiger partial charge >= 0.3 is 6.18 Å². The number of amides is 1. The van der Waals surface area contributed by atoms with Crippen molar-refractivity contribution in [1.29, 1.82) is 0 Å². The third-order valence-electron chi connectivity index (χ3n) is 3.86. The van der Waals surface area contributed by atoms with Crippen LogP contribution < -0.4 is 11.1 Å². The molecule has 1 amide bonds. The van der Waals surface area contributed by atoms with Crippen molar-refractivity contribution in [2.24, 2.45) is 11.7 Å². The summed E-state index contributed by atoms with van der Waals surface area (Å²) in [5.41, 5.74) is 5.20. The zero-order chi connectivity index (χ0) is 15.5. The van der Waals surface area contributed by atoms with Crippen LogP contribution in [0, 0.1) is 5.92 Å². The topological polar surface area (TPSA) is 55.1 Å². The summed E-state index contributed by atoms with van der Waals surface area (Å²) in [7, 11) is 0. The molecule has 0 aliphatic heterocycles. The van der Waals surface area contributed by atoms with E-state index in [1.165, 1.54) is 18.2 Å². The zero-order valence-corrected chi connectivity index (χ0v) is 12.8. The van der Waals surface area contributed by atoms with Gasteiger partial charge in [-0.15, -0.1) is 12.4 Å². The first-order valence-electron chi connectivity index (χ1n) is 7.06. The van der Waals surface area contributed by atoms with Crippen molar-refractivity contribution in [2.45, 2.75) is 44.4 Å². The molecule has 2 rings (SSSR count). The largest absolute Gasteiger partial charge is 0.416 e. The van der Waals surface area contributed by atoms with Gasteiger partial charge in [-0.05, 0) is 30.9 Å². The Morgan fingerprint density at radius 2 is 1.95 bits per heavy atom. The lowest BCUT2D eigenvalue weighted by Crippen LogP contribution is -2.37. The summed E-state index contributed by atoms with van der Waals surface area (Å²) < 4.78 is 38.5. The lowest BCUT2D eigenvalue weighted by atomic mass is 9.85. The van der Waals surface area contributed by atoms with Crippen molar-refractivity contribution in [2.75, 3.05) is 0 Å². The predicted octanol–water partition coefficient (Wildman–Crippen LogP) is 3.26. The molecule has 1 aromatic rings. The van der Waals surface area contributed by atoms with Crippen molar-refractivity contribution in [3.8, 4) is 0 Å². The lowest BCUT2D eigenvalue weighted by molar-refractivity contribution is -0.138. The van der Waals surface area contributed by atoms with Gasteiger partial charge in [-0.2, -0.15) is 13.2 Å². The van der Waals surface area contributed by atoms with Crippen LogP contribution in [-0.2, 0) is 17.5 Å². The van der Waals surface area contributed by atoms with E-state index in [1.807, 2.05) is 0 Å². The molecule has 0 radical (unpaired) electrons. The zero-order valence-electron chi connectivity index (χ0n) is 12.0. The molecule has 3 N–H and O–H groups in total. The molecule has 0 bridgehead atoms. The Balaban J connectivity index is 0.00000242. The molecule has 22 heavy (non-hydrogen) atoms. The fraction of sp³-hybridized carbons (Fsp3) is 0.533. The minimum Gasteiger partial charge on any atom is -0.352 e. The van der Waals surface area contributed by atoms with Crippen molar-refractivity contribution in [3.63, 3.8) is 0 Å². The highest BCUT2D eigenvalue weighted by atomic mass is 35.5.